The lowest BCUT2D eigenvalue weighted by molar-refractivity contribution is 0.348. The topological polar surface area (TPSA) is 83.4 Å². The fraction of sp³-hybridized carbons (Fsp3) is 0.529. The van der Waals surface area contributed by atoms with Crippen LogP contribution in [0.2, 0.25) is 0 Å². The molecule has 0 bridgehead atoms. The Morgan fingerprint density at radius 1 is 1.08 bits per heavy atom. The molecule has 2 aromatic rings. The standard InChI is InChI=1S/C17H23N3O3.ClH/c1-21-13-9-12(10-14(11-13)22-2)5-6-15-19-16(20-23-15)17(18)7-3-4-8-17;/h9-11H,3-8,18H2,1-2H3;1H. The number of rotatable bonds is 6. The van der Waals surface area contributed by atoms with Gasteiger partial charge in [-0.05, 0) is 37.0 Å². The van der Waals surface area contributed by atoms with E-state index in [2.05, 4.69) is 10.1 Å². The second-order valence-corrected chi connectivity index (χ2v) is 6.10. The first-order valence-corrected chi connectivity index (χ1v) is 7.97. The number of aromatic nitrogens is 2. The van der Waals surface area contributed by atoms with E-state index in [9.17, 15) is 0 Å². The van der Waals surface area contributed by atoms with Crippen molar-refractivity contribution >= 4 is 12.4 Å². The van der Waals surface area contributed by atoms with E-state index in [0.717, 1.165) is 49.2 Å². The maximum Gasteiger partial charge on any atom is 0.227 e. The highest BCUT2D eigenvalue weighted by atomic mass is 35.5. The smallest absolute Gasteiger partial charge is 0.227 e. The van der Waals surface area contributed by atoms with Crippen LogP contribution in [-0.4, -0.2) is 24.4 Å². The second kappa shape index (κ2) is 7.85. The number of methoxy groups -OCH3 is 2. The van der Waals surface area contributed by atoms with Gasteiger partial charge in [0.2, 0.25) is 5.89 Å². The number of aryl methyl sites for hydroxylation is 2. The molecule has 1 aromatic carbocycles. The van der Waals surface area contributed by atoms with Gasteiger partial charge in [-0.25, -0.2) is 0 Å². The molecule has 7 heteroatoms. The first-order valence-electron chi connectivity index (χ1n) is 7.97. The van der Waals surface area contributed by atoms with Crippen molar-refractivity contribution in [3.8, 4) is 11.5 Å². The molecular formula is C17H24ClN3O3. The van der Waals surface area contributed by atoms with Gasteiger partial charge >= 0.3 is 0 Å². The van der Waals surface area contributed by atoms with Crippen molar-refractivity contribution in [1.29, 1.82) is 0 Å². The lowest BCUT2D eigenvalue weighted by Crippen LogP contribution is -2.34. The molecule has 6 nitrogen and oxygen atoms in total. The number of nitrogens with zero attached hydrogens (tertiary/aromatic N) is 2. The lowest BCUT2D eigenvalue weighted by Gasteiger charge is -2.17. The molecule has 0 aliphatic heterocycles. The average Bonchev–Trinajstić information content (AvgIpc) is 3.22. The van der Waals surface area contributed by atoms with Gasteiger partial charge in [-0.3, -0.25) is 0 Å². The Morgan fingerprint density at radius 3 is 2.29 bits per heavy atom. The largest absolute Gasteiger partial charge is 0.497 e. The maximum atomic E-state index is 6.36. The first kappa shape index (κ1) is 18.5. The molecule has 1 heterocycles. The summed E-state index contributed by atoms with van der Waals surface area (Å²) >= 11 is 0. The Kier molecular flexibility index (Phi) is 6.07. The van der Waals surface area contributed by atoms with Crippen LogP contribution < -0.4 is 15.2 Å². The molecule has 24 heavy (non-hydrogen) atoms. The molecule has 1 aliphatic rings. The number of nitrogens with two attached hydrogens (primary N) is 1. The zero-order valence-electron chi connectivity index (χ0n) is 14.1. The third kappa shape index (κ3) is 3.99. The molecule has 2 N–H and O–H groups in total. The van der Waals surface area contributed by atoms with Gasteiger partial charge in [-0.15, -0.1) is 12.4 Å². The zero-order valence-corrected chi connectivity index (χ0v) is 14.9. The summed E-state index contributed by atoms with van der Waals surface area (Å²) in [5.41, 5.74) is 7.06. The van der Waals surface area contributed by atoms with Gasteiger partial charge in [0.05, 0.1) is 19.8 Å². The van der Waals surface area contributed by atoms with Gasteiger partial charge in [0.15, 0.2) is 5.82 Å². The molecule has 1 fully saturated rings. The zero-order chi connectivity index (χ0) is 16.3. The molecule has 0 saturated heterocycles. The minimum absolute atomic E-state index is 0. The van der Waals surface area contributed by atoms with Crippen LogP contribution in [0.5, 0.6) is 11.5 Å². The summed E-state index contributed by atoms with van der Waals surface area (Å²) in [5.74, 6) is 2.82. The van der Waals surface area contributed by atoms with Crippen molar-refractivity contribution in [3.63, 3.8) is 0 Å². The first-order chi connectivity index (χ1) is 11.1. The summed E-state index contributed by atoms with van der Waals surface area (Å²) in [6.07, 6.45) is 5.55. The highest BCUT2D eigenvalue weighted by Crippen LogP contribution is 2.34. The van der Waals surface area contributed by atoms with Crippen molar-refractivity contribution in [2.24, 2.45) is 5.73 Å². The highest BCUT2D eigenvalue weighted by Gasteiger charge is 2.35. The van der Waals surface area contributed by atoms with Crippen LogP contribution in [0.3, 0.4) is 0 Å². The van der Waals surface area contributed by atoms with Crippen LogP contribution in [0.15, 0.2) is 22.7 Å². The molecular weight excluding hydrogens is 330 g/mol. The summed E-state index contributed by atoms with van der Waals surface area (Å²) < 4.78 is 15.9. The third-order valence-corrected chi connectivity index (χ3v) is 4.45. The third-order valence-electron chi connectivity index (χ3n) is 4.45. The van der Waals surface area contributed by atoms with Gasteiger partial charge in [-0.1, -0.05) is 18.0 Å². The Bertz CT molecular complexity index is 647. The predicted molar refractivity (Wildman–Crippen MR) is 92.8 cm³/mol. The quantitative estimate of drug-likeness (QED) is 0.859. The molecule has 0 radical (unpaired) electrons. The number of hydrogen-bond acceptors (Lipinski definition) is 6. The van der Waals surface area contributed by atoms with Crippen molar-refractivity contribution in [2.75, 3.05) is 14.2 Å². The number of hydrogen-bond donors (Lipinski definition) is 1. The summed E-state index contributed by atoms with van der Waals surface area (Å²) in [7, 11) is 3.29. The van der Waals surface area contributed by atoms with Crippen molar-refractivity contribution < 1.29 is 14.0 Å². The molecule has 0 spiro atoms. The second-order valence-electron chi connectivity index (χ2n) is 6.10. The Balaban J connectivity index is 0.00000208. The van der Waals surface area contributed by atoms with E-state index in [-0.39, 0.29) is 12.4 Å². The fourth-order valence-corrected chi connectivity index (χ4v) is 3.05. The fourth-order valence-electron chi connectivity index (χ4n) is 3.05. The van der Waals surface area contributed by atoms with E-state index >= 15 is 0 Å². The van der Waals surface area contributed by atoms with Gasteiger partial charge in [0.25, 0.3) is 0 Å². The maximum absolute atomic E-state index is 6.36. The Morgan fingerprint density at radius 2 is 1.71 bits per heavy atom. The average molecular weight is 354 g/mol. The predicted octanol–water partition coefficient (Wildman–Crippen LogP) is 3.02. The Labute approximate surface area is 148 Å². The minimum Gasteiger partial charge on any atom is -0.497 e. The molecule has 3 rings (SSSR count). The molecule has 1 aromatic heterocycles. The van der Waals surface area contributed by atoms with E-state index in [1.165, 1.54) is 0 Å². The van der Waals surface area contributed by atoms with E-state index in [0.29, 0.717) is 18.1 Å². The molecule has 1 aliphatic carbocycles. The SMILES string of the molecule is COc1cc(CCc2nc(C3(N)CCCC3)no2)cc(OC)c1.Cl. The van der Waals surface area contributed by atoms with E-state index in [1.54, 1.807) is 14.2 Å². The van der Waals surface area contributed by atoms with Crippen LogP contribution in [0.25, 0.3) is 0 Å². The normalized spacial score (nSPS) is 15.8. The number of benzene rings is 1. The van der Waals surface area contributed by atoms with Crippen molar-refractivity contribution in [2.45, 2.75) is 44.1 Å². The van der Waals surface area contributed by atoms with Crippen LogP contribution in [0, 0.1) is 0 Å². The van der Waals surface area contributed by atoms with Gasteiger partial charge in [0, 0.05) is 12.5 Å². The summed E-state index contributed by atoms with van der Waals surface area (Å²) in [4.78, 5) is 4.50. The summed E-state index contributed by atoms with van der Waals surface area (Å²) in [6, 6.07) is 5.83. The molecule has 132 valence electrons. The molecule has 0 amide bonds. The van der Waals surface area contributed by atoms with Crippen LogP contribution in [-0.2, 0) is 18.4 Å². The molecule has 0 atom stereocenters. The molecule has 1 saturated carbocycles. The van der Waals surface area contributed by atoms with E-state index in [1.807, 2.05) is 18.2 Å². The van der Waals surface area contributed by atoms with Crippen LogP contribution in [0.1, 0.15) is 43.0 Å². The molecule has 0 unspecified atom stereocenters. The van der Waals surface area contributed by atoms with Gasteiger partial charge in [-0.2, -0.15) is 4.98 Å². The number of halogens is 1. The Hall–Kier alpha value is -1.79. The van der Waals surface area contributed by atoms with Crippen molar-refractivity contribution in [1.82, 2.24) is 10.1 Å². The minimum atomic E-state index is -0.402. The van der Waals surface area contributed by atoms with Crippen molar-refractivity contribution in [3.05, 3.63) is 35.5 Å². The van der Waals surface area contributed by atoms with Crippen LogP contribution >= 0.6 is 12.4 Å². The van der Waals surface area contributed by atoms with Gasteiger partial charge < -0.3 is 19.7 Å². The number of ether oxygens (including phenoxy) is 2. The van der Waals surface area contributed by atoms with E-state index < -0.39 is 5.54 Å². The monoisotopic (exact) mass is 353 g/mol. The summed E-state index contributed by atoms with van der Waals surface area (Å²) in [5, 5.41) is 4.09. The van der Waals surface area contributed by atoms with Gasteiger partial charge in [0.1, 0.15) is 11.5 Å². The highest BCUT2D eigenvalue weighted by molar-refractivity contribution is 5.85. The van der Waals surface area contributed by atoms with Crippen LogP contribution in [0.4, 0.5) is 0 Å². The summed E-state index contributed by atoms with van der Waals surface area (Å²) in [6.45, 7) is 0. The van der Waals surface area contributed by atoms with E-state index in [4.69, 9.17) is 19.7 Å². The lowest BCUT2D eigenvalue weighted by atomic mass is 9.99.